The molecule has 0 atom stereocenters. The zero-order chi connectivity index (χ0) is 14.2. The first kappa shape index (κ1) is 14.7. The van der Waals surface area contributed by atoms with Crippen LogP contribution in [0.5, 0.6) is 0 Å². The van der Waals surface area contributed by atoms with Crippen LogP contribution in [0.2, 0.25) is 0 Å². The van der Waals surface area contributed by atoms with Gasteiger partial charge < -0.3 is 5.32 Å². The Hall–Kier alpha value is -1.35. The predicted molar refractivity (Wildman–Crippen MR) is 53.6 cm³/mol. The fourth-order valence-corrected chi connectivity index (χ4v) is 2.13. The summed E-state index contributed by atoms with van der Waals surface area (Å²) in [5.41, 5.74) is -1.43. The van der Waals surface area contributed by atoms with Crippen LogP contribution in [0.3, 0.4) is 0 Å². The fraction of sp³-hybridized carbons (Fsp3) is 0.125. The van der Waals surface area contributed by atoms with Crippen LogP contribution in [0.25, 0.3) is 0 Å². The number of hydrogen-bond donors (Lipinski definition) is 1. The zero-order valence-corrected chi connectivity index (χ0v) is 10.1. The minimum Gasteiger partial charge on any atom is -0.321 e. The Bertz CT molecular complexity index is 603. The minimum absolute atomic E-state index is 0.834. The highest BCUT2D eigenvalue weighted by Gasteiger charge is 2.32. The smallest absolute Gasteiger partial charge is 0.267 e. The van der Waals surface area contributed by atoms with Gasteiger partial charge in [-0.05, 0) is 0 Å². The van der Waals surface area contributed by atoms with Crippen molar-refractivity contribution in [1.29, 1.82) is 0 Å². The van der Waals surface area contributed by atoms with Crippen LogP contribution < -0.4 is 5.32 Å². The van der Waals surface area contributed by atoms with Crippen molar-refractivity contribution in [2.45, 2.75) is 11.8 Å². The van der Waals surface area contributed by atoms with Gasteiger partial charge in [0.1, 0.15) is 5.69 Å². The highest BCUT2D eigenvalue weighted by molar-refractivity contribution is 8.13. The van der Waals surface area contributed by atoms with Gasteiger partial charge in [-0.2, -0.15) is 0 Å². The quantitative estimate of drug-likeness (QED) is 0.517. The van der Waals surface area contributed by atoms with E-state index in [-0.39, 0.29) is 0 Å². The van der Waals surface area contributed by atoms with E-state index in [2.05, 4.69) is 10.7 Å². The Kier molecular flexibility index (Phi) is 3.86. The van der Waals surface area contributed by atoms with Crippen LogP contribution in [0.1, 0.15) is 6.92 Å². The van der Waals surface area contributed by atoms with E-state index < -0.39 is 48.8 Å². The van der Waals surface area contributed by atoms with Gasteiger partial charge in [0.15, 0.2) is 28.2 Å². The molecule has 0 aliphatic carbocycles. The molecular weight excluding hydrogens is 302 g/mol. The minimum atomic E-state index is -5.02. The number of carbonyl (C=O) groups is 1. The molecule has 1 N–H and O–H groups in total. The normalized spacial score (nSPS) is 11.4. The van der Waals surface area contributed by atoms with E-state index in [1.54, 1.807) is 0 Å². The first-order valence-electron chi connectivity index (χ1n) is 4.15. The summed E-state index contributed by atoms with van der Waals surface area (Å²) < 4.78 is 74.6. The Morgan fingerprint density at radius 3 is 1.72 bits per heavy atom. The molecule has 18 heavy (non-hydrogen) atoms. The summed E-state index contributed by atoms with van der Waals surface area (Å²) in [4.78, 5) is 8.64. The molecule has 0 fully saturated rings. The van der Waals surface area contributed by atoms with Crippen molar-refractivity contribution in [3.63, 3.8) is 0 Å². The van der Waals surface area contributed by atoms with E-state index in [1.807, 2.05) is 0 Å². The number of benzene rings is 1. The lowest BCUT2D eigenvalue weighted by Crippen LogP contribution is -2.15. The number of amides is 1. The van der Waals surface area contributed by atoms with Gasteiger partial charge in [0.2, 0.25) is 5.91 Å². The summed E-state index contributed by atoms with van der Waals surface area (Å²) in [5.74, 6) is -9.57. The molecule has 10 heteroatoms. The SMILES string of the molecule is CC(=O)Nc1c(F)c(F)c(S(=O)(=O)Cl)c(F)c1F. The van der Waals surface area contributed by atoms with E-state index >= 15 is 0 Å². The average molecular weight is 306 g/mol. The molecule has 0 bridgehead atoms. The van der Waals surface area contributed by atoms with Crippen molar-refractivity contribution in [1.82, 2.24) is 0 Å². The molecule has 0 saturated carbocycles. The monoisotopic (exact) mass is 305 g/mol. The van der Waals surface area contributed by atoms with E-state index in [4.69, 9.17) is 0 Å². The molecule has 0 unspecified atom stereocenters. The molecule has 1 aromatic carbocycles. The van der Waals surface area contributed by atoms with Gasteiger partial charge in [-0.25, -0.2) is 26.0 Å². The van der Waals surface area contributed by atoms with E-state index in [0.717, 1.165) is 6.92 Å². The third kappa shape index (κ3) is 2.56. The zero-order valence-electron chi connectivity index (χ0n) is 8.52. The van der Waals surface area contributed by atoms with Crippen LogP contribution >= 0.6 is 10.7 Å². The number of carbonyl (C=O) groups excluding carboxylic acids is 1. The molecule has 0 radical (unpaired) electrons. The highest BCUT2D eigenvalue weighted by Crippen LogP contribution is 2.32. The van der Waals surface area contributed by atoms with Crippen LogP contribution in [0.4, 0.5) is 23.2 Å². The van der Waals surface area contributed by atoms with Gasteiger partial charge in [0.25, 0.3) is 9.05 Å². The van der Waals surface area contributed by atoms with E-state index in [1.165, 1.54) is 5.32 Å². The summed E-state index contributed by atoms with van der Waals surface area (Å²) in [5, 5.41) is 1.49. The lowest BCUT2D eigenvalue weighted by molar-refractivity contribution is -0.114. The number of halogens is 5. The molecule has 0 spiro atoms. The van der Waals surface area contributed by atoms with Gasteiger partial charge in [-0.1, -0.05) is 0 Å². The Labute approximate surface area is 103 Å². The summed E-state index contributed by atoms with van der Waals surface area (Å²) in [6, 6.07) is 0. The third-order valence-corrected chi connectivity index (χ3v) is 3.08. The van der Waals surface area contributed by atoms with Crippen molar-refractivity contribution in [2.24, 2.45) is 0 Å². The van der Waals surface area contributed by atoms with Crippen LogP contribution in [-0.4, -0.2) is 14.3 Å². The molecule has 100 valence electrons. The maximum Gasteiger partial charge on any atom is 0.267 e. The number of hydrogen-bond acceptors (Lipinski definition) is 3. The largest absolute Gasteiger partial charge is 0.321 e. The van der Waals surface area contributed by atoms with Crippen molar-refractivity contribution < 1.29 is 30.8 Å². The van der Waals surface area contributed by atoms with Gasteiger partial charge in [0.05, 0.1) is 0 Å². The predicted octanol–water partition coefficient (Wildman–Crippen LogP) is 2.13. The lowest BCUT2D eigenvalue weighted by atomic mass is 10.2. The molecule has 0 heterocycles. The molecule has 0 aliphatic rings. The molecular formula is C8H4ClF4NO3S. The van der Waals surface area contributed by atoms with Gasteiger partial charge in [0, 0.05) is 17.6 Å². The molecule has 0 aliphatic heterocycles. The van der Waals surface area contributed by atoms with Crippen molar-refractivity contribution in [3.05, 3.63) is 23.3 Å². The average Bonchev–Trinajstić information content (AvgIpc) is 2.19. The summed E-state index contributed by atoms with van der Waals surface area (Å²) in [6.07, 6.45) is 0. The second kappa shape index (κ2) is 4.73. The summed E-state index contributed by atoms with van der Waals surface area (Å²) in [6.45, 7) is 0.834. The van der Waals surface area contributed by atoms with E-state index in [9.17, 15) is 30.8 Å². The summed E-state index contributed by atoms with van der Waals surface area (Å²) >= 11 is 0. The third-order valence-electron chi connectivity index (χ3n) is 1.77. The second-order valence-electron chi connectivity index (χ2n) is 3.08. The number of nitrogens with one attached hydrogen (secondary N) is 1. The van der Waals surface area contributed by atoms with Gasteiger partial charge >= 0.3 is 0 Å². The fourth-order valence-electron chi connectivity index (χ4n) is 1.11. The van der Waals surface area contributed by atoms with Crippen LogP contribution in [-0.2, 0) is 13.8 Å². The van der Waals surface area contributed by atoms with Gasteiger partial charge in [-0.15, -0.1) is 0 Å². The Morgan fingerprint density at radius 2 is 1.44 bits per heavy atom. The first-order valence-corrected chi connectivity index (χ1v) is 6.46. The molecule has 4 nitrogen and oxygen atoms in total. The molecule has 1 rings (SSSR count). The highest BCUT2D eigenvalue weighted by atomic mass is 35.7. The van der Waals surface area contributed by atoms with Crippen molar-refractivity contribution in [3.8, 4) is 0 Å². The Morgan fingerprint density at radius 1 is 1.06 bits per heavy atom. The standard InChI is InChI=1S/C8H4ClF4NO3S/c1-2(15)14-7-3(10)5(12)8(18(9,16)17)6(13)4(7)11/h1H3,(H,14,15). The molecule has 1 amide bonds. The van der Waals surface area contributed by atoms with Gasteiger partial charge in [-0.3, -0.25) is 4.79 Å². The topological polar surface area (TPSA) is 63.2 Å². The Balaban J connectivity index is 3.72. The summed E-state index contributed by atoms with van der Waals surface area (Å²) in [7, 11) is -0.382. The van der Waals surface area contributed by atoms with Crippen LogP contribution in [0.15, 0.2) is 4.90 Å². The molecule has 1 aromatic rings. The van der Waals surface area contributed by atoms with Crippen molar-refractivity contribution >= 4 is 31.3 Å². The van der Waals surface area contributed by atoms with Crippen molar-refractivity contribution in [2.75, 3.05) is 5.32 Å². The lowest BCUT2D eigenvalue weighted by Gasteiger charge is -2.10. The second-order valence-corrected chi connectivity index (χ2v) is 5.58. The maximum atomic E-state index is 13.3. The first-order chi connectivity index (χ1) is 8.07. The maximum absolute atomic E-state index is 13.3. The number of rotatable bonds is 2. The molecule has 0 saturated heterocycles. The van der Waals surface area contributed by atoms with Crippen LogP contribution in [0, 0.1) is 23.3 Å². The number of anilines is 1. The van der Waals surface area contributed by atoms with E-state index in [0.29, 0.717) is 0 Å². The molecule has 0 aromatic heterocycles.